The number of hydrogen-bond acceptors (Lipinski definition) is 2. The largest absolute Gasteiger partial charge is 0.398 e. The van der Waals surface area contributed by atoms with E-state index in [4.69, 9.17) is 11.5 Å². The molecule has 1 aromatic rings. The number of hydrogen-bond donors (Lipinski definition) is 2. The highest BCUT2D eigenvalue weighted by Crippen LogP contribution is 2.18. The molecule has 0 spiro atoms. The van der Waals surface area contributed by atoms with Crippen molar-refractivity contribution in [2.75, 3.05) is 11.5 Å². The van der Waals surface area contributed by atoms with Gasteiger partial charge in [0.1, 0.15) is 0 Å². The fourth-order valence-corrected chi connectivity index (χ4v) is 0.887. The number of benzene rings is 1. The average Bonchev–Trinajstić information content (AvgIpc) is 1.84. The van der Waals surface area contributed by atoms with Crippen molar-refractivity contribution in [1.29, 1.82) is 0 Å². The monoisotopic (exact) mass is 136 g/mol. The van der Waals surface area contributed by atoms with Gasteiger partial charge in [0.2, 0.25) is 0 Å². The van der Waals surface area contributed by atoms with Crippen molar-refractivity contribution in [3.63, 3.8) is 0 Å². The Morgan fingerprint density at radius 3 is 1.60 bits per heavy atom. The molecule has 0 atom stereocenters. The van der Waals surface area contributed by atoms with E-state index >= 15 is 0 Å². The van der Waals surface area contributed by atoms with Crippen molar-refractivity contribution in [2.24, 2.45) is 0 Å². The zero-order valence-corrected chi connectivity index (χ0v) is 6.31. The van der Waals surface area contributed by atoms with Crippen LogP contribution in [0.2, 0.25) is 0 Å². The van der Waals surface area contributed by atoms with Crippen molar-refractivity contribution in [2.45, 2.75) is 13.8 Å². The standard InChI is InChI=1S/C8H12N2/c1-5-3-6(2)8(10)4-7(5)9/h3-4H,9-10H2,1-2H3. The van der Waals surface area contributed by atoms with E-state index in [9.17, 15) is 0 Å². The van der Waals surface area contributed by atoms with E-state index in [1.165, 1.54) is 0 Å². The van der Waals surface area contributed by atoms with Gasteiger partial charge in [-0.3, -0.25) is 0 Å². The van der Waals surface area contributed by atoms with Crippen LogP contribution in [0.15, 0.2) is 12.1 Å². The molecule has 0 saturated carbocycles. The van der Waals surface area contributed by atoms with Crippen LogP contribution in [-0.4, -0.2) is 0 Å². The highest BCUT2D eigenvalue weighted by molar-refractivity contribution is 5.60. The maximum Gasteiger partial charge on any atom is 0.0364 e. The maximum absolute atomic E-state index is 5.61. The van der Waals surface area contributed by atoms with Gasteiger partial charge in [0, 0.05) is 11.4 Å². The highest BCUT2D eigenvalue weighted by Gasteiger charge is 1.96. The first-order valence-corrected chi connectivity index (χ1v) is 3.23. The fourth-order valence-electron chi connectivity index (χ4n) is 0.887. The lowest BCUT2D eigenvalue weighted by atomic mass is 10.1. The summed E-state index contributed by atoms with van der Waals surface area (Å²) >= 11 is 0. The number of anilines is 2. The molecule has 0 aliphatic rings. The molecular weight excluding hydrogens is 124 g/mol. The number of nitrogens with two attached hydrogens (primary N) is 2. The molecule has 0 aliphatic carbocycles. The maximum atomic E-state index is 5.61. The summed E-state index contributed by atoms with van der Waals surface area (Å²) in [4.78, 5) is 0. The van der Waals surface area contributed by atoms with Crippen LogP contribution in [0.5, 0.6) is 0 Å². The van der Waals surface area contributed by atoms with E-state index in [2.05, 4.69) is 0 Å². The molecular formula is C8H12N2. The molecule has 0 unspecified atom stereocenters. The van der Waals surface area contributed by atoms with Gasteiger partial charge in [-0.15, -0.1) is 0 Å². The third kappa shape index (κ3) is 1.05. The van der Waals surface area contributed by atoms with Gasteiger partial charge in [-0.1, -0.05) is 6.07 Å². The third-order valence-corrected chi connectivity index (χ3v) is 1.65. The van der Waals surface area contributed by atoms with Crippen LogP contribution >= 0.6 is 0 Å². The second kappa shape index (κ2) is 2.21. The summed E-state index contributed by atoms with van der Waals surface area (Å²) in [5.41, 5.74) is 14.9. The molecule has 1 rings (SSSR count). The molecule has 0 heterocycles. The van der Waals surface area contributed by atoms with Gasteiger partial charge in [0.15, 0.2) is 0 Å². The van der Waals surface area contributed by atoms with Crippen molar-refractivity contribution >= 4 is 11.4 Å². The Bertz CT molecular complexity index is 203. The molecule has 0 aromatic heterocycles. The Balaban J connectivity index is 3.28. The molecule has 2 heteroatoms. The van der Waals surface area contributed by atoms with Crippen molar-refractivity contribution in [1.82, 2.24) is 0 Å². The van der Waals surface area contributed by atoms with Gasteiger partial charge in [-0.05, 0) is 31.0 Å². The van der Waals surface area contributed by atoms with Gasteiger partial charge in [-0.2, -0.15) is 0 Å². The van der Waals surface area contributed by atoms with Crippen LogP contribution in [0, 0.1) is 13.8 Å². The second-order valence-corrected chi connectivity index (χ2v) is 2.57. The molecule has 0 saturated heterocycles. The number of rotatable bonds is 0. The zero-order chi connectivity index (χ0) is 7.72. The molecule has 0 fully saturated rings. The van der Waals surface area contributed by atoms with E-state index in [1.54, 1.807) is 6.07 Å². The Morgan fingerprint density at radius 2 is 1.30 bits per heavy atom. The zero-order valence-electron chi connectivity index (χ0n) is 6.31. The first kappa shape index (κ1) is 6.93. The number of nitrogen functional groups attached to an aromatic ring is 2. The molecule has 0 aliphatic heterocycles. The van der Waals surface area contributed by atoms with Crippen LogP contribution in [-0.2, 0) is 0 Å². The van der Waals surface area contributed by atoms with Crippen LogP contribution in [0.3, 0.4) is 0 Å². The molecule has 0 amide bonds. The number of aryl methyl sites for hydroxylation is 2. The minimum atomic E-state index is 0.767. The van der Waals surface area contributed by atoms with E-state index in [0.717, 1.165) is 22.5 Å². The molecule has 1 aromatic carbocycles. The van der Waals surface area contributed by atoms with Crippen LogP contribution in [0.4, 0.5) is 11.4 Å². The summed E-state index contributed by atoms with van der Waals surface area (Å²) in [6.07, 6.45) is 0. The lowest BCUT2D eigenvalue weighted by Gasteiger charge is -2.03. The second-order valence-electron chi connectivity index (χ2n) is 2.57. The summed E-state index contributed by atoms with van der Waals surface area (Å²) in [5.74, 6) is 0. The van der Waals surface area contributed by atoms with E-state index < -0.39 is 0 Å². The minimum Gasteiger partial charge on any atom is -0.398 e. The summed E-state index contributed by atoms with van der Waals surface area (Å²) < 4.78 is 0. The predicted octanol–water partition coefficient (Wildman–Crippen LogP) is 1.47. The highest BCUT2D eigenvalue weighted by atomic mass is 14.6. The van der Waals surface area contributed by atoms with Crippen LogP contribution in [0.25, 0.3) is 0 Å². The Kier molecular flexibility index (Phi) is 1.53. The van der Waals surface area contributed by atoms with Gasteiger partial charge in [0.05, 0.1) is 0 Å². The molecule has 0 radical (unpaired) electrons. The smallest absolute Gasteiger partial charge is 0.0364 e. The Morgan fingerprint density at radius 1 is 0.900 bits per heavy atom. The van der Waals surface area contributed by atoms with E-state index in [-0.39, 0.29) is 0 Å². The summed E-state index contributed by atoms with van der Waals surface area (Å²) in [6, 6.07) is 3.79. The van der Waals surface area contributed by atoms with E-state index in [1.807, 2.05) is 19.9 Å². The minimum absolute atomic E-state index is 0.767. The van der Waals surface area contributed by atoms with Crippen molar-refractivity contribution in [3.05, 3.63) is 23.3 Å². The SMILES string of the molecule is Cc1cc(C)c(N)cc1N. The first-order valence-electron chi connectivity index (χ1n) is 3.23. The fraction of sp³-hybridized carbons (Fsp3) is 0.250. The van der Waals surface area contributed by atoms with Gasteiger partial charge < -0.3 is 11.5 Å². The van der Waals surface area contributed by atoms with Crippen LogP contribution < -0.4 is 11.5 Å². The van der Waals surface area contributed by atoms with Gasteiger partial charge >= 0.3 is 0 Å². The molecule has 10 heavy (non-hydrogen) atoms. The summed E-state index contributed by atoms with van der Waals surface area (Å²) in [5, 5.41) is 0. The summed E-state index contributed by atoms with van der Waals surface area (Å²) in [7, 11) is 0. The van der Waals surface area contributed by atoms with Gasteiger partial charge in [0.25, 0.3) is 0 Å². The van der Waals surface area contributed by atoms with Crippen LogP contribution in [0.1, 0.15) is 11.1 Å². The lowest BCUT2D eigenvalue weighted by Crippen LogP contribution is -1.95. The summed E-state index contributed by atoms with van der Waals surface area (Å²) in [6.45, 7) is 3.95. The van der Waals surface area contributed by atoms with E-state index in [0.29, 0.717) is 0 Å². The molecule has 2 nitrogen and oxygen atoms in total. The lowest BCUT2D eigenvalue weighted by molar-refractivity contribution is 1.39. The third-order valence-electron chi connectivity index (χ3n) is 1.65. The Labute approximate surface area is 60.8 Å². The topological polar surface area (TPSA) is 52.0 Å². The quantitative estimate of drug-likeness (QED) is 0.530. The average molecular weight is 136 g/mol. The molecule has 54 valence electrons. The first-order chi connectivity index (χ1) is 4.61. The van der Waals surface area contributed by atoms with Crippen molar-refractivity contribution < 1.29 is 0 Å². The van der Waals surface area contributed by atoms with Gasteiger partial charge in [-0.25, -0.2) is 0 Å². The van der Waals surface area contributed by atoms with Crippen molar-refractivity contribution in [3.8, 4) is 0 Å². The normalized spacial score (nSPS) is 9.80. The molecule has 0 bridgehead atoms. The predicted molar refractivity (Wildman–Crippen MR) is 44.7 cm³/mol. The Hall–Kier alpha value is -1.18. The molecule has 4 N–H and O–H groups in total.